The van der Waals surface area contributed by atoms with Gasteiger partial charge in [0.1, 0.15) is 0 Å². The zero-order valence-electron chi connectivity index (χ0n) is 10.5. The van der Waals surface area contributed by atoms with E-state index in [1.54, 1.807) is 0 Å². The number of benzene rings is 1. The maximum absolute atomic E-state index is 6.57. The van der Waals surface area contributed by atoms with Crippen molar-refractivity contribution in [2.75, 3.05) is 0 Å². The van der Waals surface area contributed by atoms with Crippen LogP contribution in [0.4, 0.5) is 0 Å². The Morgan fingerprint density at radius 3 is 2.31 bits per heavy atom. The normalized spacial score (nSPS) is 28.6. The van der Waals surface area contributed by atoms with Gasteiger partial charge in [0.05, 0.1) is 5.54 Å². The first-order valence-electron chi connectivity index (χ1n) is 5.94. The summed E-state index contributed by atoms with van der Waals surface area (Å²) in [6.07, 6.45) is 4.41. The van der Waals surface area contributed by atoms with Gasteiger partial charge in [-0.2, -0.15) is 0 Å². The molecule has 1 aliphatic rings. The molecule has 0 radical (unpaired) electrons. The van der Waals surface area contributed by atoms with Crippen LogP contribution in [0.3, 0.4) is 0 Å². The van der Waals surface area contributed by atoms with E-state index in [1.807, 2.05) is 6.07 Å². The van der Waals surface area contributed by atoms with E-state index in [0.29, 0.717) is 5.41 Å². The molecule has 1 aromatic rings. The van der Waals surface area contributed by atoms with Gasteiger partial charge < -0.3 is 5.73 Å². The number of allylic oxidation sites excluding steroid dienone is 1. The summed E-state index contributed by atoms with van der Waals surface area (Å²) in [5.74, 6) is 0. The van der Waals surface area contributed by atoms with Crippen LogP contribution >= 0.6 is 0 Å². The second-order valence-corrected chi connectivity index (χ2v) is 5.91. The van der Waals surface area contributed by atoms with Crippen molar-refractivity contribution in [1.29, 1.82) is 0 Å². The summed E-state index contributed by atoms with van der Waals surface area (Å²) in [7, 11) is 0. The van der Waals surface area contributed by atoms with E-state index in [1.165, 1.54) is 11.1 Å². The molecule has 0 saturated carbocycles. The fourth-order valence-corrected chi connectivity index (χ4v) is 3.08. The summed E-state index contributed by atoms with van der Waals surface area (Å²) >= 11 is 0. The maximum atomic E-state index is 6.57. The highest BCUT2D eigenvalue weighted by Crippen LogP contribution is 2.43. The molecule has 86 valence electrons. The predicted octanol–water partition coefficient (Wildman–Crippen LogP) is 3.61. The van der Waals surface area contributed by atoms with Crippen LogP contribution in [-0.4, -0.2) is 0 Å². The Morgan fingerprint density at radius 2 is 1.75 bits per heavy atom. The minimum Gasteiger partial charge on any atom is -0.318 e. The van der Waals surface area contributed by atoms with Crippen molar-refractivity contribution < 1.29 is 0 Å². The van der Waals surface area contributed by atoms with E-state index in [0.717, 1.165) is 12.8 Å². The van der Waals surface area contributed by atoms with E-state index in [2.05, 4.69) is 51.1 Å². The van der Waals surface area contributed by atoms with Crippen LogP contribution in [0.2, 0.25) is 0 Å². The fraction of sp³-hybridized carbons (Fsp3) is 0.467. The van der Waals surface area contributed by atoms with Gasteiger partial charge in [-0.3, -0.25) is 0 Å². The molecule has 1 nitrogen and oxygen atoms in total. The van der Waals surface area contributed by atoms with Gasteiger partial charge in [0.15, 0.2) is 0 Å². The van der Waals surface area contributed by atoms with Gasteiger partial charge in [-0.1, -0.05) is 55.8 Å². The molecule has 0 spiro atoms. The monoisotopic (exact) mass is 215 g/mol. The third-order valence-corrected chi connectivity index (χ3v) is 3.34. The van der Waals surface area contributed by atoms with Crippen molar-refractivity contribution in [2.45, 2.75) is 39.2 Å². The van der Waals surface area contributed by atoms with E-state index >= 15 is 0 Å². The Hall–Kier alpha value is -1.08. The molecular formula is C15H21N. The summed E-state index contributed by atoms with van der Waals surface area (Å²) in [5.41, 5.74) is 9.21. The molecule has 0 amide bonds. The largest absolute Gasteiger partial charge is 0.318 e. The number of hydrogen-bond donors (Lipinski definition) is 1. The summed E-state index contributed by atoms with van der Waals surface area (Å²) in [6, 6.07) is 10.4. The van der Waals surface area contributed by atoms with Crippen LogP contribution in [0.1, 0.15) is 39.2 Å². The highest BCUT2D eigenvalue weighted by Gasteiger charge is 2.36. The van der Waals surface area contributed by atoms with E-state index in [4.69, 9.17) is 5.73 Å². The lowest BCUT2D eigenvalue weighted by Crippen LogP contribution is -2.42. The average Bonchev–Trinajstić information content (AvgIpc) is 2.15. The highest BCUT2D eigenvalue weighted by molar-refractivity contribution is 5.33. The molecule has 16 heavy (non-hydrogen) atoms. The van der Waals surface area contributed by atoms with Crippen LogP contribution in [0.25, 0.3) is 0 Å². The van der Waals surface area contributed by atoms with Gasteiger partial charge in [0, 0.05) is 0 Å². The van der Waals surface area contributed by atoms with Crippen molar-refractivity contribution >= 4 is 0 Å². The molecule has 1 unspecified atom stereocenters. The standard InChI is InChI=1S/C15H21N/c1-12-9-14(2,3)11-15(16,10-12)13-7-5-4-6-8-13/h4-8,10H,9,11,16H2,1-3H3. The van der Waals surface area contributed by atoms with Crippen molar-refractivity contribution in [3.8, 4) is 0 Å². The molecule has 2 rings (SSSR count). The second-order valence-electron chi connectivity index (χ2n) is 5.91. The SMILES string of the molecule is CC1=CC(N)(c2ccccc2)CC(C)(C)C1. The molecule has 1 atom stereocenters. The molecule has 0 bridgehead atoms. The van der Waals surface area contributed by atoms with E-state index in [-0.39, 0.29) is 5.54 Å². The minimum absolute atomic E-state index is 0.285. The third kappa shape index (κ3) is 2.19. The van der Waals surface area contributed by atoms with Crippen LogP contribution in [0, 0.1) is 5.41 Å². The van der Waals surface area contributed by atoms with Gasteiger partial charge in [0.25, 0.3) is 0 Å². The Kier molecular flexibility index (Phi) is 2.67. The molecule has 0 fully saturated rings. The Labute approximate surface area is 98.4 Å². The quantitative estimate of drug-likeness (QED) is 0.712. The molecule has 0 saturated heterocycles. The van der Waals surface area contributed by atoms with Crippen LogP contribution in [0.15, 0.2) is 42.0 Å². The molecule has 2 N–H and O–H groups in total. The number of hydrogen-bond acceptors (Lipinski definition) is 1. The molecule has 0 aliphatic heterocycles. The zero-order chi connectivity index (χ0) is 11.8. The summed E-state index contributed by atoms with van der Waals surface area (Å²) in [5, 5.41) is 0. The maximum Gasteiger partial charge on any atom is 0.0603 e. The lowest BCUT2D eigenvalue weighted by Gasteiger charge is -2.41. The smallest absolute Gasteiger partial charge is 0.0603 e. The molecule has 1 heteroatoms. The molecule has 0 aromatic heterocycles. The molecular weight excluding hydrogens is 194 g/mol. The highest BCUT2D eigenvalue weighted by atomic mass is 14.7. The van der Waals surface area contributed by atoms with Gasteiger partial charge in [0.2, 0.25) is 0 Å². The second kappa shape index (κ2) is 3.74. The van der Waals surface area contributed by atoms with Gasteiger partial charge in [-0.05, 0) is 30.7 Å². The molecule has 1 aromatic carbocycles. The summed E-state index contributed by atoms with van der Waals surface area (Å²) in [4.78, 5) is 0. The Balaban J connectivity index is 2.42. The Morgan fingerprint density at radius 1 is 1.12 bits per heavy atom. The predicted molar refractivity (Wildman–Crippen MR) is 69.1 cm³/mol. The third-order valence-electron chi connectivity index (χ3n) is 3.34. The summed E-state index contributed by atoms with van der Waals surface area (Å²) in [6.45, 7) is 6.79. The van der Waals surface area contributed by atoms with E-state index in [9.17, 15) is 0 Å². The van der Waals surface area contributed by atoms with Crippen LogP contribution in [-0.2, 0) is 5.54 Å². The van der Waals surface area contributed by atoms with E-state index < -0.39 is 0 Å². The van der Waals surface area contributed by atoms with Gasteiger partial charge >= 0.3 is 0 Å². The lowest BCUT2D eigenvalue weighted by molar-refractivity contribution is 0.245. The minimum atomic E-state index is -0.285. The average molecular weight is 215 g/mol. The van der Waals surface area contributed by atoms with Crippen molar-refractivity contribution in [2.24, 2.45) is 11.1 Å². The zero-order valence-corrected chi connectivity index (χ0v) is 10.5. The van der Waals surface area contributed by atoms with Gasteiger partial charge in [-0.25, -0.2) is 0 Å². The van der Waals surface area contributed by atoms with Crippen molar-refractivity contribution in [1.82, 2.24) is 0 Å². The number of nitrogens with two attached hydrogens (primary N) is 1. The van der Waals surface area contributed by atoms with Crippen LogP contribution in [0.5, 0.6) is 0 Å². The Bertz CT molecular complexity index is 403. The first-order valence-corrected chi connectivity index (χ1v) is 5.94. The van der Waals surface area contributed by atoms with Crippen LogP contribution < -0.4 is 5.73 Å². The molecule has 0 heterocycles. The van der Waals surface area contributed by atoms with Crippen molar-refractivity contribution in [3.63, 3.8) is 0 Å². The van der Waals surface area contributed by atoms with Crippen molar-refractivity contribution in [3.05, 3.63) is 47.5 Å². The first kappa shape index (κ1) is 11.4. The number of rotatable bonds is 1. The fourth-order valence-electron chi connectivity index (χ4n) is 3.08. The topological polar surface area (TPSA) is 26.0 Å². The lowest BCUT2D eigenvalue weighted by atomic mass is 9.67. The first-order chi connectivity index (χ1) is 7.41. The van der Waals surface area contributed by atoms with Gasteiger partial charge in [-0.15, -0.1) is 0 Å². The molecule has 1 aliphatic carbocycles. The summed E-state index contributed by atoms with van der Waals surface area (Å²) < 4.78 is 0.